The molecule has 1 N–H and O–H groups in total. The van der Waals surface area contributed by atoms with Crippen LogP contribution in [0.2, 0.25) is 5.02 Å². The second-order valence-corrected chi connectivity index (χ2v) is 5.29. The number of sulfonamides is 1. The first kappa shape index (κ1) is 11.5. The van der Waals surface area contributed by atoms with Gasteiger partial charge >= 0.3 is 0 Å². The smallest absolute Gasteiger partial charge is 0.211 e. The van der Waals surface area contributed by atoms with Crippen LogP contribution in [-0.2, 0) is 16.6 Å². The lowest BCUT2D eigenvalue weighted by molar-refractivity contribution is 0.582. The van der Waals surface area contributed by atoms with Crippen molar-refractivity contribution in [1.29, 1.82) is 0 Å². The van der Waals surface area contributed by atoms with Gasteiger partial charge in [0.05, 0.1) is 5.75 Å². The normalized spacial score (nSPS) is 11.6. The van der Waals surface area contributed by atoms with Crippen LogP contribution in [0.4, 0.5) is 0 Å². The molecule has 0 aliphatic carbocycles. The SMILES string of the molecule is CCS(=O)(=O)NCc1[c]cc(Cl)cc1. The lowest BCUT2D eigenvalue weighted by atomic mass is 10.2. The fraction of sp³-hybridized carbons (Fsp3) is 0.333. The molecule has 0 aliphatic heterocycles. The van der Waals surface area contributed by atoms with Crippen LogP contribution in [0.15, 0.2) is 18.2 Å². The largest absolute Gasteiger partial charge is 0.212 e. The molecule has 0 spiro atoms. The summed E-state index contributed by atoms with van der Waals surface area (Å²) in [6.07, 6.45) is 0. The van der Waals surface area contributed by atoms with Gasteiger partial charge in [0.15, 0.2) is 0 Å². The molecule has 1 aromatic carbocycles. The van der Waals surface area contributed by atoms with E-state index >= 15 is 0 Å². The zero-order valence-electron chi connectivity index (χ0n) is 7.75. The van der Waals surface area contributed by atoms with Crippen LogP contribution in [0.1, 0.15) is 12.5 Å². The molecule has 1 aromatic rings. The molecule has 0 unspecified atom stereocenters. The Morgan fingerprint density at radius 2 is 2.21 bits per heavy atom. The third kappa shape index (κ3) is 3.65. The van der Waals surface area contributed by atoms with Crippen molar-refractivity contribution in [2.24, 2.45) is 0 Å². The molecule has 0 atom stereocenters. The second-order valence-electron chi connectivity index (χ2n) is 2.76. The van der Waals surface area contributed by atoms with Crippen LogP contribution in [0, 0.1) is 6.07 Å². The molecule has 0 saturated heterocycles. The highest BCUT2D eigenvalue weighted by molar-refractivity contribution is 7.89. The highest BCUT2D eigenvalue weighted by Crippen LogP contribution is 2.08. The van der Waals surface area contributed by atoms with Gasteiger partial charge in [0.25, 0.3) is 0 Å². The van der Waals surface area contributed by atoms with E-state index in [0.717, 1.165) is 5.56 Å². The van der Waals surface area contributed by atoms with Crippen LogP contribution >= 0.6 is 11.6 Å². The Balaban J connectivity index is 2.59. The molecule has 5 heteroatoms. The number of benzene rings is 1. The van der Waals surface area contributed by atoms with Crippen LogP contribution in [0.3, 0.4) is 0 Å². The summed E-state index contributed by atoms with van der Waals surface area (Å²) in [5, 5.41) is 0.590. The van der Waals surface area contributed by atoms with Crippen molar-refractivity contribution < 1.29 is 8.42 Å². The van der Waals surface area contributed by atoms with Crippen molar-refractivity contribution in [3.63, 3.8) is 0 Å². The minimum absolute atomic E-state index is 0.0839. The molecule has 0 saturated carbocycles. The predicted molar refractivity (Wildman–Crippen MR) is 56.6 cm³/mol. The maximum Gasteiger partial charge on any atom is 0.211 e. The van der Waals surface area contributed by atoms with Gasteiger partial charge in [-0.15, -0.1) is 0 Å². The Morgan fingerprint density at radius 3 is 2.71 bits per heavy atom. The van der Waals surface area contributed by atoms with E-state index in [1.54, 1.807) is 25.1 Å². The van der Waals surface area contributed by atoms with Gasteiger partial charge in [0.1, 0.15) is 0 Å². The third-order valence-corrected chi connectivity index (χ3v) is 3.28. The molecule has 0 aliphatic rings. The van der Waals surface area contributed by atoms with Crippen molar-refractivity contribution in [3.05, 3.63) is 34.9 Å². The van der Waals surface area contributed by atoms with Crippen LogP contribution < -0.4 is 4.72 Å². The maximum absolute atomic E-state index is 11.1. The zero-order valence-corrected chi connectivity index (χ0v) is 9.32. The summed E-state index contributed by atoms with van der Waals surface area (Å²) >= 11 is 5.66. The molecule has 1 rings (SSSR count). The summed E-state index contributed by atoms with van der Waals surface area (Å²) in [5.74, 6) is 0.0839. The second kappa shape index (κ2) is 4.77. The standard InChI is InChI=1S/C9H11ClNO2S/c1-2-14(12,13)11-7-8-3-5-9(10)6-4-8/h3,5-6,11H,2,7H2,1H3. The Bertz CT molecular complexity index is 386. The minimum atomic E-state index is -3.13. The Morgan fingerprint density at radius 1 is 1.50 bits per heavy atom. The highest BCUT2D eigenvalue weighted by atomic mass is 35.5. The summed E-state index contributed by atoms with van der Waals surface area (Å²) in [7, 11) is -3.13. The summed E-state index contributed by atoms with van der Waals surface area (Å²) in [6, 6.07) is 7.92. The van der Waals surface area contributed by atoms with Gasteiger partial charge in [0, 0.05) is 11.6 Å². The van der Waals surface area contributed by atoms with E-state index in [4.69, 9.17) is 11.6 Å². The van der Waals surface area contributed by atoms with Crippen LogP contribution in [0.25, 0.3) is 0 Å². The molecule has 0 heterocycles. The van der Waals surface area contributed by atoms with E-state index in [9.17, 15) is 8.42 Å². The molecule has 0 fully saturated rings. The van der Waals surface area contributed by atoms with Gasteiger partial charge in [0.2, 0.25) is 10.0 Å². The van der Waals surface area contributed by atoms with Gasteiger partial charge in [-0.05, 0) is 30.7 Å². The fourth-order valence-electron chi connectivity index (χ4n) is 0.838. The molecule has 14 heavy (non-hydrogen) atoms. The van der Waals surface area contributed by atoms with E-state index in [-0.39, 0.29) is 12.3 Å². The Hall–Kier alpha value is -0.580. The van der Waals surface area contributed by atoms with Gasteiger partial charge < -0.3 is 0 Å². The average Bonchev–Trinajstić information content (AvgIpc) is 2.17. The van der Waals surface area contributed by atoms with E-state index in [1.807, 2.05) is 0 Å². The summed E-state index contributed by atoms with van der Waals surface area (Å²) in [4.78, 5) is 0. The fourth-order valence-corrected chi connectivity index (χ4v) is 1.53. The van der Waals surface area contributed by atoms with E-state index in [2.05, 4.69) is 10.8 Å². The predicted octanol–water partition coefficient (Wildman–Crippen LogP) is 1.58. The van der Waals surface area contributed by atoms with Crippen molar-refractivity contribution >= 4 is 21.6 Å². The molecule has 77 valence electrons. The van der Waals surface area contributed by atoms with Crippen molar-refractivity contribution in [1.82, 2.24) is 4.72 Å². The number of nitrogens with one attached hydrogen (secondary N) is 1. The number of halogens is 1. The topological polar surface area (TPSA) is 46.2 Å². The van der Waals surface area contributed by atoms with Gasteiger partial charge in [-0.1, -0.05) is 17.7 Å². The van der Waals surface area contributed by atoms with Gasteiger partial charge in [-0.25, -0.2) is 13.1 Å². The zero-order chi connectivity index (χ0) is 10.6. The first-order valence-corrected chi connectivity index (χ1v) is 6.20. The van der Waals surface area contributed by atoms with Crippen molar-refractivity contribution in [3.8, 4) is 0 Å². The first-order valence-electron chi connectivity index (χ1n) is 4.17. The van der Waals surface area contributed by atoms with Crippen LogP contribution in [-0.4, -0.2) is 14.2 Å². The molecule has 3 nitrogen and oxygen atoms in total. The van der Waals surface area contributed by atoms with E-state index in [1.165, 1.54) is 0 Å². The number of rotatable bonds is 4. The van der Waals surface area contributed by atoms with Crippen molar-refractivity contribution in [2.75, 3.05) is 5.75 Å². The number of hydrogen-bond donors (Lipinski definition) is 1. The minimum Gasteiger partial charge on any atom is -0.212 e. The molecule has 0 bridgehead atoms. The van der Waals surface area contributed by atoms with Crippen LogP contribution in [0.5, 0.6) is 0 Å². The number of hydrogen-bond acceptors (Lipinski definition) is 2. The monoisotopic (exact) mass is 232 g/mol. The third-order valence-electron chi connectivity index (χ3n) is 1.70. The van der Waals surface area contributed by atoms with Gasteiger partial charge in [-0.3, -0.25) is 0 Å². The summed E-state index contributed by atoms with van der Waals surface area (Å²) in [5.41, 5.74) is 0.770. The quantitative estimate of drug-likeness (QED) is 0.857. The lowest BCUT2D eigenvalue weighted by Crippen LogP contribution is -2.24. The Labute approximate surface area is 89.1 Å². The van der Waals surface area contributed by atoms with E-state index in [0.29, 0.717) is 5.02 Å². The van der Waals surface area contributed by atoms with Crippen molar-refractivity contribution in [2.45, 2.75) is 13.5 Å². The Kier molecular flexibility index (Phi) is 3.92. The average molecular weight is 233 g/mol. The maximum atomic E-state index is 11.1. The molecular weight excluding hydrogens is 222 g/mol. The lowest BCUT2D eigenvalue weighted by Gasteiger charge is -2.03. The molecule has 0 amide bonds. The summed E-state index contributed by atoms with van der Waals surface area (Å²) in [6.45, 7) is 1.85. The highest BCUT2D eigenvalue weighted by Gasteiger charge is 2.05. The first-order chi connectivity index (χ1) is 6.53. The molecule has 0 aromatic heterocycles. The van der Waals surface area contributed by atoms with Gasteiger partial charge in [-0.2, -0.15) is 0 Å². The molecule has 1 radical (unpaired) electrons. The van der Waals surface area contributed by atoms with E-state index < -0.39 is 10.0 Å². The summed E-state index contributed by atoms with van der Waals surface area (Å²) < 4.78 is 24.6. The molecular formula is C9H11ClNO2S.